The van der Waals surface area contributed by atoms with Gasteiger partial charge in [-0.25, -0.2) is 0 Å². The molecule has 140 valence electrons. The quantitative estimate of drug-likeness (QED) is 0.643. The van der Waals surface area contributed by atoms with Crippen LogP contribution in [0.5, 0.6) is 5.75 Å². The van der Waals surface area contributed by atoms with Gasteiger partial charge in [-0.2, -0.15) is 0 Å². The summed E-state index contributed by atoms with van der Waals surface area (Å²) >= 11 is 0. The minimum absolute atomic E-state index is 0.0807. The van der Waals surface area contributed by atoms with Crippen LogP contribution in [0.25, 0.3) is 0 Å². The number of ether oxygens (including phenoxy) is 1. The van der Waals surface area contributed by atoms with E-state index >= 15 is 0 Å². The standard InChI is InChI=1S/C22H30N2O2/c1-16(2)12-13-26-19-9-7-8-18(14-19)24-22(25)15-23-21-11-6-5-10-20(21)17(3)4/h5-11,14,16-17,23H,12-13,15H2,1-4H3,(H,24,25). The predicted molar refractivity (Wildman–Crippen MR) is 109 cm³/mol. The van der Waals surface area contributed by atoms with Crippen LogP contribution in [0.15, 0.2) is 48.5 Å². The second-order valence-corrected chi connectivity index (χ2v) is 7.20. The van der Waals surface area contributed by atoms with Crippen molar-refractivity contribution in [3.8, 4) is 5.75 Å². The normalized spacial score (nSPS) is 10.8. The van der Waals surface area contributed by atoms with E-state index in [1.165, 1.54) is 5.56 Å². The number of nitrogens with one attached hydrogen (secondary N) is 2. The van der Waals surface area contributed by atoms with Crippen LogP contribution in [-0.4, -0.2) is 19.1 Å². The van der Waals surface area contributed by atoms with Crippen molar-refractivity contribution >= 4 is 17.3 Å². The number of anilines is 2. The molecule has 0 bridgehead atoms. The molecule has 4 heteroatoms. The molecule has 2 rings (SSSR count). The van der Waals surface area contributed by atoms with E-state index < -0.39 is 0 Å². The molecular weight excluding hydrogens is 324 g/mol. The van der Waals surface area contributed by atoms with Crippen molar-refractivity contribution < 1.29 is 9.53 Å². The number of carbonyl (C=O) groups excluding carboxylic acids is 1. The third-order valence-electron chi connectivity index (χ3n) is 4.10. The third-order valence-corrected chi connectivity index (χ3v) is 4.10. The zero-order valence-corrected chi connectivity index (χ0v) is 16.2. The Morgan fingerprint density at radius 2 is 1.81 bits per heavy atom. The Morgan fingerprint density at radius 3 is 2.54 bits per heavy atom. The average Bonchev–Trinajstić information content (AvgIpc) is 2.60. The van der Waals surface area contributed by atoms with Crippen LogP contribution in [0, 0.1) is 5.92 Å². The maximum Gasteiger partial charge on any atom is 0.243 e. The molecular formula is C22H30N2O2. The molecule has 0 atom stereocenters. The molecule has 0 aliphatic carbocycles. The predicted octanol–water partition coefficient (Wildman–Crippen LogP) is 5.29. The van der Waals surface area contributed by atoms with Gasteiger partial charge in [0.25, 0.3) is 0 Å². The molecule has 4 nitrogen and oxygen atoms in total. The summed E-state index contributed by atoms with van der Waals surface area (Å²) in [6.45, 7) is 9.54. The molecule has 0 aliphatic rings. The maximum absolute atomic E-state index is 12.3. The molecule has 0 saturated heterocycles. The molecule has 0 saturated carbocycles. The summed E-state index contributed by atoms with van der Waals surface area (Å²) in [6, 6.07) is 15.6. The van der Waals surface area contributed by atoms with Gasteiger partial charge in [-0.3, -0.25) is 4.79 Å². The van der Waals surface area contributed by atoms with Gasteiger partial charge in [-0.15, -0.1) is 0 Å². The number of hydrogen-bond donors (Lipinski definition) is 2. The first-order valence-electron chi connectivity index (χ1n) is 9.31. The summed E-state index contributed by atoms with van der Waals surface area (Å²) < 4.78 is 5.74. The summed E-state index contributed by atoms with van der Waals surface area (Å²) in [6.07, 6.45) is 1.01. The van der Waals surface area contributed by atoms with E-state index in [-0.39, 0.29) is 12.5 Å². The fourth-order valence-corrected chi connectivity index (χ4v) is 2.62. The molecule has 2 aromatic rings. The number of benzene rings is 2. The van der Waals surface area contributed by atoms with Gasteiger partial charge in [0.1, 0.15) is 5.75 Å². The van der Waals surface area contributed by atoms with E-state index in [0.29, 0.717) is 18.4 Å². The molecule has 2 aromatic carbocycles. The van der Waals surface area contributed by atoms with E-state index in [2.05, 4.69) is 44.4 Å². The highest BCUT2D eigenvalue weighted by molar-refractivity contribution is 5.94. The first-order chi connectivity index (χ1) is 12.5. The van der Waals surface area contributed by atoms with Crippen molar-refractivity contribution in [2.24, 2.45) is 5.92 Å². The Labute approximate surface area is 157 Å². The first kappa shape index (κ1) is 19.8. The van der Waals surface area contributed by atoms with Gasteiger partial charge in [0.15, 0.2) is 0 Å². The van der Waals surface area contributed by atoms with Gasteiger partial charge in [0.2, 0.25) is 5.91 Å². The summed E-state index contributed by atoms with van der Waals surface area (Å²) in [7, 11) is 0. The molecule has 0 aromatic heterocycles. The average molecular weight is 354 g/mol. The van der Waals surface area contributed by atoms with Crippen LogP contribution in [0.3, 0.4) is 0 Å². The third kappa shape index (κ3) is 6.43. The first-order valence-corrected chi connectivity index (χ1v) is 9.31. The van der Waals surface area contributed by atoms with Crippen LogP contribution in [0.1, 0.15) is 45.6 Å². The van der Waals surface area contributed by atoms with E-state index in [4.69, 9.17) is 4.74 Å². The fourth-order valence-electron chi connectivity index (χ4n) is 2.62. The Kier molecular flexibility index (Phi) is 7.52. The SMILES string of the molecule is CC(C)CCOc1cccc(NC(=O)CNc2ccccc2C(C)C)c1. The summed E-state index contributed by atoms with van der Waals surface area (Å²) in [5.74, 6) is 1.71. The molecule has 0 fully saturated rings. The van der Waals surface area contributed by atoms with Crippen LogP contribution < -0.4 is 15.4 Å². The van der Waals surface area contributed by atoms with Crippen LogP contribution in [0.4, 0.5) is 11.4 Å². The topological polar surface area (TPSA) is 50.4 Å². The minimum Gasteiger partial charge on any atom is -0.494 e. The summed E-state index contributed by atoms with van der Waals surface area (Å²) in [5.41, 5.74) is 2.96. The van der Waals surface area contributed by atoms with Gasteiger partial charge in [0.05, 0.1) is 13.2 Å². The minimum atomic E-state index is -0.0807. The number of para-hydroxylation sites is 1. The Hall–Kier alpha value is -2.49. The second kappa shape index (κ2) is 9.85. The molecule has 0 aliphatic heterocycles. The van der Waals surface area contributed by atoms with Gasteiger partial charge in [-0.05, 0) is 42.0 Å². The fraction of sp³-hybridized carbons (Fsp3) is 0.409. The molecule has 2 N–H and O–H groups in total. The molecule has 0 heterocycles. The number of hydrogen-bond acceptors (Lipinski definition) is 3. The smallest absolute Gasteiger partial charge is 0.243 e. The van der Waals surface area contributed by atoms with E-state index in [0.717, 1.165) is 23.5 Å². The monoisotopic (exact) mass is 354 g/mol. The van der Waals surface area contributed by atoms with Gasteiger partial charge < -0.3 is 15.4 Å². The lowest BCUT2D eigenvalue weighted by atomic mass is 10.0. The zero-order chi connectivity index (χ0) is 18.9. The van der Waals surface area contributed by atoms with E-state index in [1.54, 1.807) is 0 Å². The van der Waals surface area contributed by atoms with Crippen molar-refractivity contribution in [2.45, 2.75) is 40.0 Å². The lowest BCUT2D eigenvalue weighted by molar-refractivity contribution is -0.114. The van der Waals surface area contributed by atoms with Gasteiger partial charge in [0, 0.05) is 17.4 Å². The van der Waals surface area contributed by atoms with Gasteiger partial charge >= 0.3 is 0 Å². The number of carbonyl (C=O) groups is 1. The Bertz CT molecular complexity index is 711. The number of rotatable bonds is 9. The lowest BCUT2D eigenvalue weighted by Crippen LogP contribution is -2.22. The zero-order valence-electron chi connectivity index (χ0n) is 16.2. The molecule has 0 spiro atoms. The van der Waals surface area contributed by atoms with Crippen LogP contribution in [-0.2, 0) is 4.79 Å². The summed E-state index contributed by atoms with van der Waals surface area (Å²) in [4.78, 5) is 12.3. The summed E-state index contributed by atoms with van der Waals surface area (Å²) in [5, 5.41) is 6.15. The van der Waals surface area contributed by atoms with E-state index in [9.17, 15) is 4.79 Å². The lowest BCUT2D eigenvalue weighted by Gasteiger charge is -2.14. The van der Waals surface area contributed by atoms with Crippen molar-refractivity contribution in [1.29, 1.82) is 0 Å². The van der Waals surface area contributed by atoms with Gasteiger partial charge in [-0.1, -0.05) is 52.0 Å². The van der Waals surface area contributed by atoms with Crippen LogP contribution >= 0.6 is 0 Å². The molecule has 0 unspecified atom stereocenters. The highest BCUT2D eigenvalue weighted by Crippen LogP contribution is 2.23. The molecule has 26 heavy (non-hydrogen) atoms. The molecule has 0 radical (unpaired) electrons. The maximum atomic E-state index is 12.3. The highest BCUT2D eigenvalue weighted by atomic mass is 16.5. The van der Waals surface area contributed by atoms with Crippen LogP contribution in [0.2, 0.25) is 0 Å². The van der Waals surface area contributed by atoms with Crippen molar-refractivity contribution in [3.63, 3.8) is 0 Å². The van der Waals surface area contributed by atoms with Crippen molar-refractivity contribution in [1.82, 2.24) is 0 Å². The Morgan fingerprint density at radius 1 is 1.04 bits per heavy atom. The largest absolute Gasteiger partial charge is 0.494 e. The molecule has 1 amide bonds. The highest BCUT2D eigenvalue weighted by Gasteiger charge is 2.08. The van der Waals surface area contributed by atoms with E-state index in [1.807, 2.05) is 42.5 Å². The Balaban J connectivity index is 1.88. The van der Waals surface area contributed by atoms with Crippen molar-refractivity contribution in [3.05, 3.63) is 54.1 Å². The second-order valence-electron chi connectivity index (χ2n) is 7.20. The number of amides is 1. The van der Waals surface area contributed by atoms with Crippen molar-refractivity contribution in [2.75, 3.05) is 23.8 Å².